The Morgan fingerprint density at radius 3 is 2.40 bits per heavy atom. The number of aromatic hydroxyl groups is 1. The molecular formula is C26H30ClO6PS. The minimum atomic E-state index is -4.72. The zero-order valence-electron chi connectivity index (χ0n) is 19.6. The highest BCUT2D eigenvalue weighted by Gasteiger charge is 2.31. The molecule has 0 amide bonds. The van der Waals surface area contributed by atoms with Gasteiger partial charge in [-0.15, -0.1) is 0 Å². The van der Waals surface area contributed by atoms with E-state index in [0.717, 1.165) is 23.3 Å². The second-order valence-electron chi connectivity index (χ2n) is 8.16. The van der Waals surface area contributed by atoms with E-state index < -0.39 is 13.9 Å². The molecule has 0 aliphatic heterocycles. The van der Waals surface area contributed by atoms with Gasteiger partial charge in [-0.3, -0.25) is 4.52 Å². The molecule has 0 aromatic heterocycles. The van der Waals surface area contributed by atoms with E-state index in [1.165, 1.54) is 11.8 Å². The molecule has 0 heterocycles. The smallest absolute Gasteiger partial charge is 0.470 e. The quantitative estimate of drug-likeness (QED) is 0.204. The van der Waals surface area contributed by atoms with Crippen LogP contribution in [-0.2, 0) is 15.7 Å². The molecule has 3 aromatic rings. The largest absolute Gasteiger partial charge is 0.507 e. The fourth-order valence-electron chi connectivity index (χ4n) is 3.82. The molecule has 0 radical (unpaired) electrons. The van der Waals surface area contributed by atoms with Crippen LogP contribution in [0.5, 0.6) is 11.5 Å². The maximum Gasteiger partial charge on any atom is 0.470 e. The van der Waals surface area contributed by atoms with E-state index in [9.17, 15) is 19.5 Å². The van der Waals surface area contributed by atoms with Crippen molar-refractivity contribution in [2.24, 2.45) is 5.92 Å². The van der Waals surface area contributed by atoms with Crippen molar-refractivity contribution in [2.75, 3.05) is 0 Å². The lowest BCUT2D eigenvalue weighted by molar-refractivity contribution is 0.0816. The second-order valence-corrected chi connectivity index (χ2v) is 10.9. The molecule has 3 N–H and O–H groups in total. The molecule has 3 rings (SSSR count). The Bertz CT molecular complexity index is 1150. The van der Waals surface area contributed by atoms with Crippen LogP contribution in [0.25, 0.3) is 0 Å². The number of phosphoric ester groups is 1. The summed E-state index contributed by atoms with van der Waals surface area (Å²) in [5, 5.41) is 10.7. The predicted molar refractivity (Wildman–Crippen MR) is 139 cm³/mol. The Labute approximate surface area is 215 Å². The molecule has 188 valence electrons. The number of ether oxygens (including phenoxy) is 1. The average Bonchev–Trinajstić information content (AvgIpc) is 2.82. The summed E-state index contributed by atoms with van der Waals surface area (Å²) >= 11 is 7.89. The van der Waals surface area contributed by atoms with Gasteiger partial charge in [0.05, 0.1) is 11.0 Å². The maximum absolute atomic E-state index is 11.7. The minimum Gasteiger partial charge on any atom is -0.507 e. The molecule has 0 saturated carbocycles. The van der Waals surface area contributed by atoms with Gasteiger partial charge < -0.3 is 19.6 Å². The van der Waals surface area contributed by atoms with Crippen molar-refractivity contribution < 1.29 is 28.7 Å². The van der Waals surface area contributed by atoms with Crippen molar-refractivity contribution in [1.82, 2.24) is 0 Å². The Morgan fingerprint density at radius 2 is 1.77 bits per heavy atom. The lowest BCUT2D eigenvalue weighted by Gasteiger charge is -2.27. The first kappa shape index (κ1) is 27.6. The van der Waals surface area contributed by atoms with Crippen molar-refractivity contribution in [2.45, 2.75) is 55.6 Å². The molecule has 0 fully saturated rings. The molecule has 2 unspecified atom stereocenters. The van der Waals surface area contributed by atoms with Gasteiger partial charge in [-0.05, 0) is 48.2 Å². The summed E-state index contributed by atoms with van der Waals surface area (Å²) in [6, 6.07) is 20.1. The van der Waals surface area contributed by atoms with Crippen LogP contribution in [0.2, 0.25) is 5.02 Å². The summed E-state index contributed by atoms with van der Waals surface area (Å²) in [4.78, 5) is 20.3. The van der Waals surface area contributed by atoms with Gasteiger partial charge in [0.25, 0.3) is 0 Å². The molecule has 0 saturated heterocycles. The van der Waals surface area contributed by atoms with E-state index in [0.29, 0.717) is 34.3 Å². The third-order valence-corrected chi connectivity index (χ3v) is 7.41. The molecule has 35 heavy (non-hydrogen) atoms. The number of rotatable bonds is 12. The number of benzene rings is 3. The van der Waals surface area contributed by atoms with Crippen molar-refractivity contribution >= 4 is 31.2 Å². The number of hydrogen-bond donors (Lipinski definition) is 3. The van der Waals surface area contributed by atoms with Crippen molar-refractivity contribution in [1.29, 1.82) is 0 Å². The van der Waals surface area contributed by atoms with Crippen molar-refractivity contribution in [3.63, 3.8) is 0 Å². The SMILES string of the molecule is CCCC(CC)C(OP(=O)(O)O)c1ccc(Sc2cc(OCc3ccccc3)ccc2O)cc1Cl. The zero-order valence-corrected chi connectivity index (χ0v) is 22.1. The molecular weight excluding hydrogens is 507 g/mol. The Morgan fingerprint density at radius 1 is 1.03 bits per heavy atom. The second kappa shape index (κ2) is 12.8. The van der Waals surface area contributed by atoms with E-state index >= 15 is 0 Å². The van der Waals surface area contributed by atoms with E-state index in [1.807, 2.05) is 44.2 Å². The van der Waals surface area contributed by atoms with E-state index in [1.54, 1.807) is 36.4 Å². The molecule has 0 aliphatic rings. The van der Waals surface area contributed by atoms with Crippen LogP contribution in [0, 0.1) is 5.92 Å². The highest BCUT2D eigenvalue weighted by atomic mass is 35.5. The first-order valence-corrected chi connectivity index (χ1v) is 14.1. The van der Waals surface area contributed by atoms with Crippen LogP contribution in [0.15, 0.2) is 76.5 Å². The number of phenolic OH excluding ortho intramolecular Hbond substituents is 1. The van der Waals surface area contributed by atoms with Gasteiger partial charge in [0.15, 0.2) is 0 Å². The van der Waals surface area contributed by atoms with E-state index in [2.05, 4.69) is 0 Å². The van der Waals surface area contributed by atoms with Gasteiger partial charge in [0.2, 0.25) is 0 Å². The molecule has 0 spiro atoms. The lowest BCUT2D eigenvalue weighted by atomic mass is 9.90. The Kier molecular flexibility index (Phi) is 10.1. The highest BCUT2D eigenvalue weighted by molar-refractivity contribution is 7.99. The topological polar surface area (TPSA) is 96.2 Å². The number of phenols is 1. The van der Waals surface area contributed by atoms with Gasteiger partial charge in [0, 0.05) is 15.5 Å². The van der Waals surface area contributed by atoms with Crippen LogP contribution in [0.3, 0.4) is 0 Å². The first-order valence-electron chi connectivity index (χ1n) is 11.4. The summed E-state index contributed by atoms with van der Waals surface area (Å²) in [7, 11) is -4.72. The third-order valence-electron chi connectivity index (χ3n) is 5.55. The summed E-state index contributed by atoms with van der Waals surface area (Å²) in [6.07, 6.45) is 1.47. The highest BCUT2D eigenvalue weighted by Crippen LogP contribution is 2.49. The summed E-state index contributed by atoms with van der Waals surface area (Å²) in [5.41, 5.74) is 1.57. The van der Waals surface area contributed by atoms with E-state index in [4.69, 9.17) is 20.9 Å². The van der Waals surface area contributed by atoms with Crippen LogP contribution in [0.4, 0.5) is 0 Å². The average molecular weight is 537 g/mol. The fourth-order valence-corrected chi connectivity index (χ4v) is 5.67. The zero-order chi connectivity index (χ0) is 25.4. The van der Waals surface area contributed by atoms with Gasteiger partial charge in [-0.1, -0.05) is 86.5 Å². The Balaban J connectivity index is 1.80. The summed E-state index contributed by atoms with van der Waals surface area (Å²) in [5.74, 6) is 0.641. The van der Waals surface area contributed by atoms with Crippen LogP contribution >= 0.6 is 31.2 Å². The number of hydrogen-bond acceptors (Lipinski definition) is 5. The molecule has 0 bridgehead atoms. The molecule has 0 aliphatic carbocycles. The van der Waals surface area contributed by atoms with Gasteiger partial charge in [-0.25, -0.2) is 4.57 Å². The number of phosphoric acid groups is 1. The standard InChI is InChI=1S/C26H30ClO6PS/c1-3-8-19(4-2)26(33-34(29,30)31)22-13-12-21(16-23(22)27)35-25-15-20(11-14-24(25)28)32-17-18-9-6-5-7-10-18/h5-7,9-16,19,26,28H,3-4,8,17H2,1-2H3,(H2,29,30,31). The monoisotopic (exact) mass is 536 g/mol. The molecule has 6 nitrogen and oxygen atoms in total. The van der Waals surface area contributed by atoms with Crippen molar-refractivity contribution in [3.8, 4) is 11.5 Å². The van der Waals surface area contributed by atoms with Crippen LogP contribution in [-0.4, -0.2) is 14.9 Å². The Hall–Kier alpha value is -1.99. The fraction of sp³-hybridized carbons (Fsp3) is 0.308. The van der Waals surface area contributed by atoms with Gasteiger partial charge >= 0.3 is 7.82 Å². The molecule has 3 aromatic carbocycles. The van der Waals surface area contributed by atoms with Gasteiger partial charge in [-0.2, -0.15) is 0 Å². The molecule has 9 heteroatoms. The lowest BCUT2D eigenvalue weighted by Crippen LogP contribution is -2.15. The predicted octanol–water partition coefficient (Wildman–Crippen LogP) is 7.75. The first-order chi connectivity index (χ1) is 16.7. The minimum absolute atomic E-state index is 0.0916. The summed E-state index contributed by atoms with van der Waals surface area (Å²) in [6.45, 7) is 4.39. The normalized spacial score (nSPS) is 13.4. The molecule has 2 atom stereocenters. The van der Waals surface area contributed by atoms with E-state index in [-0.39, 0.29) is 11.7 Å². The van der Waals surface area contributed by atoms with Crippen molar-refractivity contribution in [3.05, 3.63) is 82.9 Å². The number of halogens is 1. The van der Waals surface area contributed by atoms with Crippen LogP contribution < -0.4 is 4.74 Å². The summed E-state index contributed by atoms with van der Waals surface area (Å²) < 4.78 is 22.7. The van der Waals surface area contributed by atoms with Crippen LogP contribution in [0.1, 0.15) is 50.3 Å². The third kappa shape index (κ3) is 8.28. The van der Waals surface area contributed by atoms with Gasteiger partial charge in [0.1, 0.15) is 18.1 Å². The maximum atomic E-state index is 11.7.